The third kappa shape index (κ3) is 2.99. The molecule has 0 amide bonds. The molecule has 2 N–H and O–H groups in total. The summed E-state index contributed by atoms with van der Waals surface area (Å²) < 4.78 is 5.78. The molecule has 0 aliphatic heterocycles. The number of ether oxygens (including phenoxy) is 1. The minimum atomic E-state index is 0.450. The molecule has 3 nitrogen and oxygen atoms in total. The molecule has 3 rings (SSSR count). The topological polar surface area (TPSA) is 48.1 Å². The standard InChI is InChI=1S/C15H16N2OS2/c1-9-3-2-4-11(7-9)18-8-12-17-13(10-5-6-10)14(20-12)15(16)19/h2-4,7,10H,5-6,8H2,1H3,(H2,16,19). The number of thiazole rings is 1. The van der Waals surface area contributed by atoms with Crippen molar-refractivity contribution >= 4 is 28.5 Å². The SMILES string of the molecule is Cc1cccc(OCc2nc(C3CC3)c(C(N)=S)s2)c1. The van der Waals surface area contributed by atoms with Gasteiger partial charge in [0, 0.05) is 5.92 Å². The van der Waals surface area contributed by atoms with E-state index in [1.54, 1.807) is 11.3 Å². The highest BCUT2D eigenvalue weighted by Gasteiger charge is 2.30. The molecule has 5 heteroatoms. The van der Waals surface area contributed by atoms with Gasteiger partial charge < -0.3 is 10.5 Å². The lowest BCUT2D eigenvalue weighted by Crippen LogP contribution is -2.09. The Balaban J connectivity index is 1.74. The number of aromatic nitrogens is 1. The Labute approximate surface area is 127 Å². The van der Waals surface area contributed by atoms with E-state index >= 15 is 0 Å². The Morgan fingerprint density at radius 1 is 1.50 bits per heavy atom. The molecule has 1 saturated carbocycles. The predicted molar refractivity (Wildman–Crippen MR) is 85.5 cm³/mol. The fraction of sp³-hybridized carbons (Fsp3) is 0.333. The van der Waals surface area contributed by atoms with Crippen molar-refractivity contribution in [3.63, 3.8) is 0 Å². The number of aryl methyl sites for hydroxylation is 1. The zero-order valence-electron chi connectivity index (χ0n) is 11.3. The highest BCUT2D eigenvalue weighted by atomic mass is 32.1. The molecule has 0 saturated heterocycles. The quantitative estimate of drug-likeness (QED) is 0.858. The number of benzene rings is 1. The average Bonchev–Trinajstić information content (AvgIpc) is 3.16. The fourth-order valence-electron chi connectivity index (χ4n) is 2.10. The van der Waals surface area contributed by atoms with Crippen LogP contribution in [-0.2, 0) is 6.61 Å². The zero-order valence-corrected chi connectivity index (χ0v) is 12.9. The predicted octanol–water partition coefficient (Wildman–Crippen LogP) is 3.54. The smallest absolute Gasteiger partial charge is 0.140 e. The van der Waals surface area contributed by atoms with E-state index in [1.165, 1.54) is 18.4 Å². The minimum Gasteiger partial charge on any atom is -0.486 e. The molecule has 0 atom stereocenters. The third-order valence-electron chi connectivity index (χ3n) is 3.24. The Hall–Kier alpha value is -1.46. The van der Waals surface area contributed by atoms with Crippen LogP contribution in [0.15, 0.2) is 24.3 Å². The van der Waals surface area contributed by atoms with E-state index in [-0.39, 0.29) is 0 Å². The molecule has 104 valence electrons. The third-order valence-corrected chi connectivity index (χ3v) is 4.65. The molecule has 1 aliphatic rings. The maximum Gasteiger partial charge on any atom is 0.140 e. The molecule has 0 spiro atoms. The molecule has 20 heavy (non-hydrogen) atoms. The van der Waals surface area contributed by atoms with Crippen LogP contribution in [0.2, 0.25) is 0 Å². The maximum absolute atomic E-state index is 5.78. The van der Waals surface area contributed by atoms with E-state index in [2.05, 4.69) is 4.98 Å². The molecule has 1 fully saturated rings. The molecular weight excluding hydrogens is 288 g/mol. The Bertz CT molecular complexity index is 647. The molecule has 0 radical (unpaired) electrons. The van der Waals surface area contributed by atoms with Crippen LogP contribution < -0.4 is 10.5 Å². The van der Waals surface area contributed by atoms with Gasteiger partial charge in [-0.05, 0) is 37.5 Å². The van der Waals surface area contributed by atoms with Crippen molar-refractivity contribution in [2.45, 2.75) is 32.3 Å². The molecular formula is C15H16N2OS2. The van der Waals surface area contributed by atoms with E-state index in [0.717, 1.165) is 21.3 Å². The van der Waals surface area contributed by atoms with Gasteiger partial charge in [0.15, 0.2) is 0 Å². The van der Waals surface area contributed by atoms with Crippen LogP contribution in [0.3, 0.4) is 0 Å². The van der Waals surface area contributed by atoms with Crippen molar-refractivity contribution in [1.29, 1.82) is 0 Å². The minimum absolute atomic E-state index is 0.450. The van der Waals surface area contributed by atoms with Gasteiger partial charge in [0.2, 0.25) is 0 Å². The van der Waals surface area contributed by atoms with Gasteiger partial charge in [-0.15, -0.1) is 11.3 Å². The summed E-state index contributed by atoms with van der Waals surface area (Å²) in [6.07, 6.45) is 2.38. The lowest BCUT2D eigenvalue weighted by molar-refractivity contribution is 0.305. The van der Waals surface area contributed by atoms with Crippen LogP contribution in [0.5, 0.6) is 5.75 Å². The van der Waals surface area contributed by atoms with E-state index in [1.807, 2.05) is 31.2 Å². The summed E-state index contributed by atoms with van der Waals surface area (Å²) in [4.78, 5) is 6.07. The van der Waals surface area contributed by atoms with Crippen molar-refractivity contribution in [3.8, 4) is 5.75 Å². The largest absolute Gasteiger partial charge is 0.486 e. The molecule has 1 heterocycles. The number of nitrogens with zero attached hydrogens (tertiary/aromatic N) is 1. The highest BCUT2D eigenvalue weighted by Crippen LogP contribution is 2.42. The second-order valence-electron chi connectivity index (χ2n) is 5.07. The number of hydrogen-bond donors (Lipinski definition) is 1. The molecule has 0 unspecified atom stereocenters. The van der Waals surface area contributed by atoms with Crippen LogP contribution in [0.4, 0.5) is 0 Å². The highest BCUT2D eigenvalue weighted by molar-refractivity contribution is 7.81. The first-order valence-corrected chi connectivity index (χ1v) is 7.85. The Kier molecular flexibility index (Phi) is 3.72. The number of thiocarbonyl (C=S) groups is 1. The summed E-state index contributed by atoms with van der Waals surface area (Å²) in [5, 5.41) is 0.941. The summed E-state index contributed by atoms with van der Waals surface area (Å²) in [7, 11) is 0. The monoisotopic (exact) mass is 304 g/mol. The first-order valence-electron chi connectivity index (χ1n) is 6.62. The van der Waals surface area contributed by atoms with Crippen molar-refractivity contribution < 1.29 is 4.74 Å². The summed E-state index contributed by atoms with van der Waals surface area (Å²) in [6, 6.07) is 8.01. The zero-order chi connectivity index (χ0) is 14.1. The van der Waals surface area contributed by atoms with Crippen molar-refractivity contribution in [2.24, 2.45) is 5.73 Å². The van der Waals surface area contributed by atoms with Gasteiger partial charge in [-0.25, -0.2) is 4.98 Å². The van der Waals surface area contributed by atoms with Crippen molar-refractivity contribution in [3.05, 3.63) is 45.4 Å². The first-order chi connectivity index (χ1) is 9.63. The fourth-order valence-corrected chi connectivity index (χ4v) is 3.24. The lowest BCUT2D eigenvalue weighted by atomic mass is 10.2. The molecule has 2 aromatic rings. The van der Waals surface area contributed by atoms with Gasteiger partial charge in [-0.3, -0.25) is 0 Å². The van der Waals surface area contributed by atoms with E-state index in [0.29, 0.717) is 17.5 Å². The van der Waals surface area contributed by atoms with Crippen LogP contribution >= 0.6 is 23.6 Å². The number of rotatable bonds is 5. The van der Waals surface area contributed by atoms with Crippen molar-refractivity contribution in [2.75, 3.05) is 0 Å². The summed E-state index contributed by atoms with van der Waals surface area (Å²) >= 11 is 6.67. The van der Waals surface area contributed by atoms with Gasteiger partial charge >= 0.3 is 0 Å². The molecule has 0 bridgehead atoms. The Morgan fingerprint density at radius 2 is 2.30 bits per heavy atom. The van der Waals surface area contributed by atoms with Crippen LogP contribution in [-0.4, -0.2) is 9.97 Å². The van der Waals surface area contributed by atoms with Crippen LogP contribution in [0.25, 0.3) is 0 Å². The Morgan fingerprint density at radius 3 is 2.95 bits per heavy atom. The summed E-state index contributed by atoms with van der Waals surface area (Å²) in [5.41, 5.74) is 8.04. The van der Waals surface area contributed by atoms with Crippen LogP contribution in [0.1, 0.15) is 39.9 Å². The van der Waals surface area contributed by atoms with Gasteiger partial charge in [0.1, 0.15) is 22.4 Å². The second-order valence-corrected chi connectivity index (χ2v) is 6.59. The first kappa shape index (κ1) is 13.5. The normalized spacial score (nSPS) is 14.2. The molecule has 1 aliphatic carbocycles. The van der Waals surface area contributed by atoms with Gasteiger partial charge in [0.25, 0.3) is 0 Å². The lowest BCUT2D eigenvalue weighted by Gasteiger charge is -2.04. The summed E-state index contributed by atoms with van der Waals surface area (Å²) in [5.74, 6) is 1.42. The van der Waals surface area contributed by atoms with Crippen LogP contribution in [0, 0.1) is 6.92 Å². The van der Waals surface area contributed by atoms with E-state index in [9.17, 15) is 0 Å². The van der Waals surface area contributed by atoms with Gasteiger partial charge in [0.05, 0.1) is 10.6 Å². The van der Waals surface area contributed by atoms with Gasteiger partial charge in [-0.1, -0.05) is 24.4 Å². The summed E-state index contributed by atoms with van der Waals surface area (Å²) in [6.45, 7) is 2.52. The molecule has 1 aromatic heterocycles. The number of nitrogens with two attached hydrogens (primary N) is 1. The van der Waals surface area contributed by atoms with Gasteiger partial charge in [-0.2, -0.15) is 0 Å². The van der Waals surface area contributed by atoms with E-state index in [4.69, 9.17) is 22.7 Å². The van der Waals surface area contributed by atoms with Crippen molar-refractivity contribution in [1.82, 2.24) is 4.98 Å². The number of hydrogen-bond acceptors (Lipinski definition) is 4. The second kappa shape index (κ2) is 5.50. The van der Waals surface area contributed by atoms with E-state index < -0.39 is 0 Å². The molecule has 1 aromatic carbocycles. The average molecular weight is 304 g/mol. The maximum atomic E-state index is 5.78.